The molecule has 1 saturated heterocycles. The minimum atomic E-state index is 0.533. The number of anilines is 1. The van der Waals surface area contributed by atoms with Gasteiger partial charge in [0, 0.05) is 17.8 Å². The second-order valence-corrected chi connectivity index (χ2v) is 7.16. The molecule has 2 aliphatic rings. The molecule has 1 fully saturated rings. The SMILES string of the molecule is CCCNc1nc(C2CCCS2)nc2c1CCCCC2. The van der Waals surface area contributed by atoms with Crippen LogP contribution < -0.4 is 5.32 Å². The smallest absolute Gasteiger partial charge is 0.143 e. The number of rotatable bonds is 4. The van der Waals surface area contributed by atoms with E-state index >= 15 is 0 Å². The highest BCUT2D eigenvalue weighted by Gasteiger charge is 2.24. The van der Waals surface area contributed by atoms with Crippen molar-refractivity contribution in [2.24, 2.45) is 0 Å². The third-order valence-corrected chi connectivity index (χ3v) is 5.58. The lowest BCUT2D eigenvalue weighted by atomic mass is 10.1. The number of aryl methyl sites for hydroxylation is 1. The van der Waals surface area contributed by atoms with Gasteiger partial charge in [-0.25, -0.2) is 9.97 Å². The van der Waals surface area contributed by atoms with Crippen molar-refractivity contribution < 1.29 is 0 Å². The van der Waals surface area contributed by atoms with Crippen molar-refractivity contribution in [2.75, 3.05) is 17.6 Å². The first-order valence-corrected chi connectivity index (χ1v) is 9.18. The Hall–Kier alpha value is -0.770. The van der Waals surface area contributed by atoms with Crippen molar-refractivity contribution in [3.8, 4) is 0 Å². The second-order valence-electron chi connectivity index (χ2n) is 5.84. The molecule has 0 amide bonds. The Kier molecular flexibility index (Phi) is 4.81. The first-order valence-electron chi connectivity index (χ1n) is 8.13. The highest BCUT2D eigenvalue weighted by molar-refractivity contribution is 7.99. The number of aromatic nitrogens is 2. The standard InChI is InChI=1S/C16H25N3S/c1-2-10-17-15-12-7-4-3-5-8-13(12)18-16(19-15)14-9-6-11-20-14/h14H,2-11H2,1H3,(H,17,18,19). The molecule has 0 saturated carbocycles. The molecule has 0 spiro atoms. The van der Waals surface area contributed by atoms with Gasteiger partial charge in [0.2, 0.25) is 0 Å². The van der Waals surface area contributed by atoms with Gasteiger partial charge in [0.05, 0.1) is 5.25 Å². The van der Waals surface area contributed by atoms with Gasteiger partial charge in [0.15, 0.2) is 0 Å². The van der Waals surface area contributed by atoms with Gasteiger partial charge < -0.3 is 5.32 Å². The molecule has 110 valence electrons. The molecule has 3 nitrogen and oxygen atoms in total. The maximum absolute atomic E-state index is 4.95. The molecule has 1 N–H and O–H groups in total. The van der Waals surface area contributed by atoms with Gasteiger partial charge >= 0.3 is 0 Å². The van der Waals surface area contributed by atoms with E-state index in [9.17, 15) is 0 Å². The molecular weight excluding hydrogens is 266 g/mol. The zero-order valence-electron chi connectivity index (χ0n) is 12.5. The Labute approximate surface area is 126 Å². The van der Waals surface area contributed by atoms with Gasteiger partial charge in [-0.1, -0.05) is 13.3 Å². The fourth-order valence-corrected chi connectivity index (χ4v) is 4.31. The van der Waals surface area contributed by atoms with Crippen LogP contribution in [0.15, 0.2) is 0 Å². The highest BCUT2D eigenvalue weighted by Crippen LogP contribution is 2.39. The van der Waals surface area contributed by atoms with Crippen molar-refractivity contribution in [1.29, 1.82) is 0 Å². The lowest BCUT2D eigenvalue weighted by Gasteiger charge is -2.16. The van der Waals surface area contributed by atoms with Crippen LogP contribution in [0.2, 0.25) is 0 Å². The van der Waals surface area contributed by atoms with Crippen LogP contribution in [0.3, 0.4) is 0 Å². The molecule has 2 heterocycles. The lowest BCUT2D eigenvalue weighted by molar-refractivity contribution is 0.706. The normalized spacial score (nSPS) is 22.4. The Balaban J connectivity index is 1.93. The van der Waals surface area contributed by atoms with Gasteiger partial charge in [-0.05, 0) is 50.7 Å². The van der Waals surface area contributed by atoms with Crippen LogP contribution in [0.25, 0.3) is 0 Å². The maximum atomic E-state index is 4.95. The quantitative estimate of drug-likeness (QED) is 0.846. The Bertz CT molecular complexity index is 455. The Morgan fingerprint density at radius 1 is 1.15 bits per heavy atom. The molecular formula is C16H25N3S. The second kappa shape index (κ2) is 6.79. The van der Waals surface area contributed by atoms with Crippen molar-refractivity contribution >= 4 is 17.6 Å². The summed E-state index contributed by atoms with van der Waals surface area (Å²) in [5.74, 6) is 3.50. The minimum Gasteiger partial charge on any atom is -0.370 e. The van der Waals surface area contributed by atoms with E-state index in [1.165, 1.54) is 49.1 Å². The topological polar surface area (TPSA) is 37.8 Å². The highest BCUT2D eigenvalue weighted by atomic mass is 32.2. The zero-order valence-corrected chi connectivity index (χ0v) is 13.3. The summed E-state index contributed by atoms with van der Waals surface area (Å²) in [5, 5.41) is 4.09. The predicted octanol–water partition coefficient (Wildman–Crippen LogP) is 4.14. The summed E-state index contributed by atoms with van der Waals surface area (Å²) < 4.78 is 0. The summed E-state index contributed by atoms with van der Waals surface area (Å²) in [4.78, 5) is 9.86. The van der Waals surface area contributed by atoms with E-state index in [4.69, 9.17) is 9.97 Å². The average molecular weight is 291 g/mol. The molecule has 0 bridgehead atoms. The third kappa shape index (κ3) is 3.11. The number of hydrogen-bond donors (Lipinski definition) is 1. The number of nitrogens with one attached hydrogen (secondary N) is 1. The van der Waals surface area contributed by atoms with Crippen LogP contribution in [-0.4, -0.2) is 22.3 Å². The summed E-state index contributed by atoms with van der Waals surface area (Å²) >= 11 is 2.03. The van der Waals surface area contributed by atoms with Crippen molar-refractivity contribution in [3.63, 3.8) is 0 Å². The fraction of sp³-hybridized carbons (Fsp3) is 0.750. The van der Waals surface area contributed by atoms with Gasteiger partial charge in [-0.2, -0.15) is 11.8 Å². The number of hydrogen-bond acceptors (Lipinski definition) is 4. The monoisotopic (exact) mass is 291 g/mol. The van der Waals surface area contributed by atoms with Gasteiger partial charge in [0.25, 0.3) is 0 Å². The molecule has 20 heavy (non-hydrogen) atoms. The maximum Gasteiger partial charge on any atom is 0.143 e. The first kappa shape index (κ1) is 14.2. The summed E-state index contributed by atoms with van der Waals surface area (Å²) in [7, 11) is 0. The van der Waals surface area contributed by atoms with Crippen LogP contribution >= 0.6 is 11.8 Å². The molecule has 0 radical (unpaired) electrons. The fourth-order valence-electron chi connectivity index (χ4n) is 3.10. The number of fused-ring (bicyclic) bond motifs is 1. The van der Waals surface area contributed by atoms with Gasteiger partial charge in [0.1, 0.15) is 11.6 Å². The van der Waals surface area contributed by atoms with Crippen LogP contribution in [0.4, 0.5) is 5.82 Å². The molecule has 1 aliphatic heterocycles. The largest absolute Gasteiger partial charge is 0.370 e. The Morgan fingerprint density at radius 3 is 2.85 bits per heavy atom. The third-order valence-electron chi connectivity index (χ3n) is 4.21. The summed E-state index contributed by atoms with van der Waals surface area (Å²) in [5.41, 5.74) is 2.74. The number of thioether (sulfide) groups is 1. The molecule has 1 atom stereocenters. The summed E-state index contributed by atoms with van der Waals surface area (Å²) in [6.07, 6.45) is 9.90. The zero-order chi connectivity index (χ0) is 13.8. The Morgan fingerprint density at radius 2 is 2.05 bits per heavy atom. The number of nitrogens with zero attached hydrogens (tertiary/aromatic N) is 2. The minimum absolute atomic E-state index is 0.533. The molecule has 3 rings (SSSR count). The predicted molar refractivity (Wildman–Crippen MR) is 86.5 cm³/mol. The van der Waals surface area contributed by atoms with Crippen LogP contribution in [0.5, 0.6) is 0 Å². The summed E-state index contributed by atoms with van der Waals surface area (Å²) in [6.45, 7) is 3.22. The van der Waals surface area contributed by atoms with E-state index in [0.29, 0.717) is 5.25 Å². The van der Waals surface area contributed by atoms with E-state index in [1.807, 2.05) is 11.8 Å². The van der Waals surface area contributed by atoms with E-state index in [0.717, 1.165) is 37.4 Å². The summed E-state index contributed by atoms with van der Waals surface area (Å²) in [6, 6.07) is 0. The van der Waals surface area contributed by atoms with Gasteiger partial charge in [-0.3, -0.25) is 0 Å². The molecule has 4 heteroatoms. The molecule has 1 unspecified atom stereocenters. The molecule has 0 aromatic carbocycles. The van der Waals surface area contributed by atoms with Crippen LogP contribution in [0.1, 0.15) is 67.8 Å². The van der Waals surface area contributed by atoms with Crippen LogP contribution in [0, 0.1) is 0 Å². The van der Waals surface area contributed by atoms with Crippen molar-refractivity contribution in [2.45, 2.75) is 63.5 Å². The van der Waals surface area contributed by atoms with E-state index in [1.54, 1.807) is 0 Å². The van der Waals surface area contributed by atoms with Gasteiger partial charge in [-0.15, -0.1) is 0 Å². The van der Waals surface area contributed by atoms with E-state index in [2.05, 4.69) is 12.2 Å². The lowest BCUT2D eigenvalue weighted by Crippen LogP contribution is -2.12. The first-order chi connectivity index (χ1) is 9.88. The molecule has 1 aromatic heterocycles. The molecule has 1 aliphatic carbocycles. The average Bonchev–Trinajstić information content (AvgIpc) is 2.90. The van der Waals surface area contributed by atoms with Crippen molar-refractivity contribution in [1.82, 2.24) is 9.97 Å². The van der Waals surface area contributed by atoms with Crippen LogP contribution in [-0.2, 0) is 12.8 Å². The molecule has 1 aromatic rings. The van der Waals surface area contributed by atoms with E-state index in [-0.39, 0.29) is 0 Å². The van der Waals surface area contributed by atoms with Crippen molar-refractivity contribution in [3.05, 3.63) is 17.1 Å². The van der Waals surface area contributed by atoms with E-state index < -0.39 is 0 Å².